The summed E-state index contributed by atoms with van der Waals surface area (Å²) in [5, 5.41) is 0.500. The van der Waals surface area contributed by atoms with Gasteiger partial charge in [-0.3, -0.25) is 0 Å². The molecule has 0 spiro atoms. The van der Waals surface area contributed by atoms with Gasteiger partial charge in [-0.25, -0.2) is 4.39 Å². The predicted molar refractivity (Wildman–Crippen MR) is 77.8 cm³/mol. The van der Waals surface area contributed by atoms with Crippen molar-refractivity contribution in [2.45, 2.75) is 13.2 Å². The van der Waals surface area contributed by atoms with Gasteiger partial charge in [-0.05, 0) is 41.5 Å². The molecule has 2 N–H and O–H groups in total. The van der Waals surface area contributed by atoms with Crippen molar-refractivity contribution in [2.24, 2.45) is 5.73 Å². The zero-order valence-electron chi connectivity index (χ0n) is 10.00. The third-order valence-corrected chi connectivity index (χ3v) is 3.45. The first-order valence-corrected chi connectivity index (χ1v) is 6.82. The van der Waals surface area contributed by atoms with E-state index in [1.807, 2.05) is 6.07 Å². The van der Waals surface area contributed by atoms with Crippen LogP contribution < -0.4 is 10.5 Å². The Morgan fingerprint density at radius 2 is 1.95 bits per heavy atom. The van der Waals surface area contributed by atoms with Gasteiger partial charge in [-0.15, -0.1) is 0 Å². The van der Waals surface area contributed by atoms with Crippen molar-refractivity contribution in [2.75, 3.05) is 0 Å². The standard InChI is InChI=1S/C14H12BrClFNO/c15-11-2-4-14(13(16)6-11)19-8-10-5-12(17)3-1-9(10)7-18/h1-6H,7-8,18H2. The van der Waals surface area contributed by atoms with Crippen molar-refractivity contribution in [3.8, 4) is 5.75 Å². The van der Waals surface area contributed by atoms with Gasteiger partial charge >= 0.3 is 0 Å². The molecular weight excluding hydrogens is 333 g/mol. The van der Waals surface area contributed by atoms with Crippen molar-refractivity contribution < 1.29 is 9.13 Å². The Bertz CT molecular complexity index is 592. The SMILES string of the molecule is NCc1ccc(F)cc1COc1ccc(Br)cc1Cl. The van der Waals surface area contributed by atoms with Gasteiger partial charge in [0.05, 0.1) is 5.02 Å². The fraction of sp³-hybridized carbons (Fsp3) is 0.143. The first-order valence-electron chi connectivity index (χ1n) is 5.65. The van der Waals surface area contributed by atoms with Crippen molar-refractivity contribution in [3.05, 3.63) is 62.8 Å². The number of halogens is 3. The van der Waals surface area contributed by atoms with E-state index in [4.69, 9.17) is 22.1 Å². The molecular formula is C14H12BrClFNO. The number of hydrogen-bond acceptors (Lipinski definition) is 2. The molecule has 0 aliphatic heterocycles. The van der Waals surface area contributed by atoms with Gasteiger partial charge in [0.2, 0.25) is 0 Å². The third-order valence-electron chi connectivity index (χ3n) is 2.67. The molecule has 0 atom stereocenters. The molecule has 0 saturated heterocycles. The Morgan fingerprint density at radius 3 is 2.63 bits per heavy atom. The first kappa shape index (κ1) is 14.3. The number of nitrogens with two attached hydrogens (primary N) is 1. The maximum atomic E-state index is 13.2. The molecule has 0 heterocycles. The van der Waals surface area contributed by atoms with Crippen LogP contribution in [0.2, 0.25) is 5.02 Å². The van der Waals surface area contributed by atoms with Crippen LogP contribution >= 0.6 is 27.5 Å². The van der Waals surface area contributed by atoms with Crippen LogP contribution in [0.5, 0.6) is 5.75 Å². The Kier molecular flexibility index (Phi) is 4.80. The van der Waals surface area contributed by atoms with Crippen LogP contribution in [-0.4, -0.2) is 0 Å². The minimum atomic E-state index is -0.308. The van der Waals surface area contributed by atoms with E-state index in [0.29, 0.717) is 17.3 Å². The zero-order chi connectivity index (χ0) is 13.8. The quantitative estimate of drug-likeness (QED) is 0.898. The monoisotopic (exact) mass is 343 g/mol. The lowest BCUT2D eigenvalue weighted by molar-refractivity contribution is 0.304. The molecule has 2 aromatic rings. The summed E-state index contributed by atoms with van der Waals surface area (Å²) in [6.45, 7) is 0.568. The van der Waals surface area contributed by atoms with Crippen LogP contribution in [0.1, 0.15) is 11.1 Å². The van der Waals surface area contributed by atoms with Crippen LogP contribution in [0.15, 0.2) is 40.9 Å². The van der Waals surface area contributed by atoms with E-state index in [2.05, 4.69) is 15.9 Å². The Hall–Kier alpha value is -1.10. The van der Waals surface area contributed by atoms with Gasteiger partial charge in [0.15, 0.2) is 0 Å². The van der Waals surface area contributed by atoms with Crippen molar-refractivity contribution in [1.82, 2.24) is 0 Å². The summed E-state index contributed by atoms with van der Waals surface area (Å²) in [5.41, 5.74) is 7.19. The predicted octanol–water partition coefficient (Wildman–Crippen LogP) is 4.28. The van der Waals surface area contributed by atoms with Crippen LogP contribution in [0.3, 0.4) is 0 Å². The molecule has 0 aliphatic carbocycles. The number of ether oxygens (including phenoxy) is 1. The average molecular weight is 345 g/mol. The van der Waals surface area contributed by atoms with Gasteiger partial charge < -0.3 is 10.5 Å². The van der Waals surface area contributed by atoms with Crippen LogP contribution in [0.25, 0.3) is 0 Å². The van der Waals surface area contributed by atoms with E-state index in [1.54, 1.807) is 18.2 Å². The summed E-state index contributed by atoms with van der Waals surface area (Å²) in [4.78, 5) is 0. The van der Waals surface area contributed by atoms with Gasteiger partial charge in [0.25, 0.3) is 0 Å². The number of hydrogen-bond donors (Lipinski definition) is 1. The molecule has 2 nitrogen and oxygen atoms in total. The van der Waals surface area contributed by atoms with Gasteiger partial charge in [0, 0.05) is 11.0 Å². The summed E-state index contributed by atoms with van der Waals surface area (Å²) in [7, 11) is 0. The average Bonchev–Trinajstić information content (AvgIpc) is 2.38. The van der Waals surface area contributed by atoms with Gasteiger partial charge in [0.1, 0.15) is 18.2 Å². The highest BCUT2D eigenvalue weighted by Crippen LogP contribution is 2.28. The molecule has 100 valence electrons. The minimum absolute atomic E-state index is 0.228. The van der Waals surface area contributed by atoms with Gasteiger partial charge in [-0.1, -0.05) is 33.6 Å². The highest BCUT2D eigenvalue weighted by atomic mass is 79.9. The lowest BCUT2D eigenvalue weighted by atomic mass is 10.1. The number of rotatable bonds is 4. The summed E-state index contributed by atoms with van der Waals surface area (Å²) in [6.07, 6.45) is 0. The van der Waals surface area contributed by atoms with Crippen molar-refractivity contribution in [1.29, 1.82) is 0 Å². The maximum absolute atomic E-state index is 13.2. The maximum Gasteiger partial charge on any atom is 0.138 e. The lowest BCUT2D eigenvalue weighted by Gasteiger charge is -2.11. The summed E-state index contributed by atoms with van der Waals surface area (Å²) < 4.78 is 19.7. The fourth-order valence-corrected chi connectivity index (χ4v) is 2.40. The van der Waals surface area contributed by atoms with Crippen LogP contribution in [-0.2, 0) is 13.2 Å². The molecule has 19 heavy (non-hydrogen) atoms. The Balaban J connectivity index is 2.16. The third kappa shape index (κ3) is 3.69. The molecule has 2 aromatic carbocycles. The molecule has 0 amide bonds. The molecule has 0 radical (unpaired) electrons. The fourth-order valence-electron chi connectivity index (χ4n) is 1.68. The van der Waals surface area contributed by atoms with E-state index in [0.717, 1.165) is 15.6 Å². The summed E-state index contributed by atoms with van der Waals surface area (Å²) in [5.74, 6) is 0.245. The van der Waals surface area contributed by atoms with Crippen LogP contribution in [0.4, 0.5) is 4.39 Å². The summed E-state index contributed by atoms with van der Waals surface area (Å²) >= 11 is 9.37. The second kappa shape index (κ2) is 6.37. The van der Waals surface area contributed by atoms with E-state index in [1.165, 1.54) is 12.1 Å². The van der Waals surface area contributed by atoms with Crippen molar-refractivity contribution in [3.63, 3.8) is 0 Å². The summed E-state index contributed by atoms with van der Waals surface area (Å²) in [6, 6.07) is 9.81. The van der Waals surface area contributed by atoms with E-state index >= 15 is 0 Å². The highest BCUT2D eigenvalue weighted by molar-refractivity contribution is 9.10. The minimum Gasteiger partial charge on any atom is -0.487 e. The molecule has 0 bridgehead atoms. The Morgan fingerprint density at radius 1 is 1.16 bits per heavy atom. The highest BCUT2D eigenvalue weighted by Gasteiger charge is 2.06. The van der Waals surface area contributed by atoms with E-state index < -0.39 is 0 Å². The largest absolute Gasteiger partial charge is 0.487 e. The lowest BCUT2D eigenvalue weighted by Crippen LogP contribution is -2.05. The molecule has 0 aromatic heterocycles. The first-order chi connectivity index (χ1) is 9.10. The van der Waals surface area contributed by atoms with E-state index in [-0.39, 0.29) is 12.4 Å². The molecule has 5 heteroatoms. The second-order valence-electron chi connectivity index (χ2n) is 3.98. The Labute approximate surface area is 124 Å². The smallest absolute Gasteiger partial charge is 0.138 e. The van der Waals surface area contributed by atoms with Gasteiger partial charge in [-0.2, -0.15) is 0 Å². The molecule has 0 aliphatic rings. The van der Waals surface area contributed by atoms with E-state index in [9.17, 15) is 4.39 Å². The molecule has 0 unspecified atom stereocenters. The molecule has 2 rings (SSSR count). The zero-order valence-corrected chi connectivity index (χ0v) is 12.3. The number of benzene rings is 2. The molecule has 0 fully saturated rings. The normalized spacial score (nSPS) is 10.5. The topological polar surface area (TPSA) is 35.2 Å². The molecule has 0 saturated carbocycles. The van der Waals surface area contributed by atoms with Crippen LogP contribution in [0, 0.1) is 5.82 Å². The van der Waals surface area contributed by atoms with Crippen molar-refractivity contribution >= 4 is 27.5 Å². The second-order valence-corrected chi connectivity index (χ2v) is 5.30.